The zero-order chi connectivity index (χ0) is 21.7. The number of benzene rings is 2. The number of para-hydroxylation sites is 1. The SMILES string of the molecule is CCNC(=O)NC(=O)C(C)Sc1nnc(-c2ccc(Cl)cc2)n1-c1ccccc1C. The number of carbonyl (C=O) groups excluding carboxylic acids is 2. The van der Waals surface area contributed by atoms with Crippen molar-refractivity contribution in [3.05, 3.63) is 59.1 Å². The molecule has 0 fully saturated rings. The van der Waals surface area contributed by atoms with Crippen molar-refractivity contribution in [1.82, 2.24) is 25.4 Å². The van der Waals surface area contributed by atoms with Crippen LogP contribution < -0.4 is 10.6 Å². The summed E-state index contributed by atoms with van der Waals surface area (Å²) in [7, 11) is 0. The number of thioether (sulfide) groups is 1. The van der Waals surface area contributed by atoms with Gasteiger partial charge in [0.2, 0.25) is 5.91 Å². The van der Waals surface area contributed by atoms with Crippen molar-refractivity contribution < 1.29 is 9.59 Å². The van der Waals surface area contributed by atoms with Crippen LogP contribution in [0.15, 0.2) is 53.7 Å². The van der Waals surface area contributed by atoms with Gasteiger partial charge in [0.05, 0.1) is 10.9 Å². The zero-order valence-corrected chi connectivity index (χ0v) is 18.4. The van der Waals surface area contributed by atoms with Gasteiger partial charge in [0, 0.05) is 17.1 Å². The number of nitrogens with one attached hydrogen (secondary N) is 2. The van der Waals surface area contributed by atoms with Crippen molar-refractivity contribution in [2.45, 2.75) is 31.2 Å². The fourth-order valence-electron chi connectivity index (χ4n) is 2.79. The van der Waals surface area contributed by atoms with Crippen LogP contribution in [0.1, 0.15) is 19.4 Å². The van der Waals surface area contributed by atoms with Gasteiger partial charge in [-0.1, -0.05) is 41.6 Å². The van der Waals surface area contributed by atoms with E-state index < -0.39 is 17.2 Å². The molecule has 2 N–H and O–H groups in total. The number of amides is 3. The summed E-state index contributed by atoms with van der Waals surface area (Å²) in [6, 6.07) is 14.7. The minimum Gasteiger partial charge on any atom is -0.338 e. The fraction of sp³-hybridized carbons (Fsp3) is 0.238. The lowest BCUT2D eigenvalue weighted by atomic mass is 10.1. The summed E-state index contributed by atoms with van der Waals surface area (Å²) in [6.07, 6.45) is 0. The highest BCUT2D eigenvalue weighted by Crippen LogP contribution is 2.31. The van der Waals surface area contributed by atoms with Gasteiger partial charge in [-0.3, -0.25) is 14.7 Å². The first kappa shape index (κ1) is 21.9. The maximum Gasteiger partial charge on any atom is 0.321 e. The molecular formula is C21H22ClN5O2S. The number of aryl methyl sites for hydroxylation is 1. The third-order valence-corrected chi connectivity index (χ3v) is 5.61. The number of hydrogen-bond donors (Lipinski definition) is 2. The van der Waals surface area contributed by atoms with Gasteiger partial charge in [0.1, 0.15) is 0 Å². The van der Waals surface area contributed by atoms with Gasteiger partial charge in [0.15, 0.2) is 11.0 Å². The summed E-state index contributed by atoms with van der Waals surface area (Å²) in [5.41, 5.74) is 2.79. The Labute approximate surface area is 184 Å². The summed E-state index contributed by atoms with van der Waals surface area (Å²) in [6.45, 7) is 5.94. The molecule has 1 unspecified atom stereocenters. The fourth-order valence-corrected chi connectivity index (χ4v) is 3.78. The highest BCUT2D eigenvalue weighted by molar-refractivity contribution is 8.00. The van der Waals surface area contributed by atoms with Crippen molar-refractivity contribution in [2.75, 3.05) is 6.54 Å². The van der Waals surface area contributed by atoms with Gasteiger partial charge < -0.3 is 5.32 Å². The molecule has 156 valence electrons. The van der Waals surface area contributed by atoms with E-state index in [0.717, 1.165) is 16.8 Å². The summed E-state index contributed by atoms with van der Waals surface area (Å²) in [4.78, 5) is 24.1. The van der Waals surface area contributed by atoms with E-state index in [0.29, 0.717) is 22.5 Å². The maximum atomic E-state index is 12.4. The third kappa shape index (κ3) is 5.01. The van der Waals surface area contributed by atoms with Gasteiger partial charge >= 0.3 is 6.03 Å². The Hall–Kier alpha value is -2.84. The molecule has 9 heteroatoms. The number of urea groups is 1. The molecule has 0 aliphatic heterocycles. The quantitative estimate of drug-likeness (QED) is 0.557. The number of nitrogens with zero attached hydrogens (tertiary/aromatic N) is 3. The van der Waals surface area contributed by atoms with Gasteiger partial charge in [-0.05, 0) is 56.7 Å². The molecule has 3 amide bonds. The van der Waals surface area contributed by atoms with Crippen LogP contribution in [0.3, 0.4) is 0 Å². The predicted octanol–water partition coefficient (Wildman–Crippen LogP) is 4.22. The molecule has 0 aliphatic carbocycles. The second-order valence-electron chi connectivity index (χ2n) is 6.54. The molecule has 3 rings (SSSR count). The molecule has 7 nitrogen and oxygen atoms in total. The highest BCUT2D eigenvalue weighted by Gasteiger charge is 2.23. The van der Waals surface area contributed by atoms with Gasteiger partial charge in [-0.25, -0.2) is 4.79 Å². The Morgan fingerprint density at radius 3 is 2.50 bits per heavy atom. The Morgan fingerprint density at radius 2 is 1.83 bits per heavy atom. The lowest BCUT2D eigenvalue weighted by Crippen LogP contribution is -2.42. The molecule has 0 spiro atoms. The number of imide groups is 1. The number of hydrogen-bond acceptors (Lipinski definition) is 5. The van der Waals surface area contributed by atoms with Crippen molar-refractivity contribution >= 4 is 35.3 Å². The second-order valence-corrected chi connectivity index (χ2v) is 8.29. The lowest BCUT2D eigenvalue weighted by molar-refractivity contribution is -0.119. The first-order valence-electron chi connectivity index (χ1n) is 9.43. The molecule has 0 saturated carbocycles. The Bertz CT molecular complexity index is 1050. The molecule has 0 saturated heterocycles. The standard InChI is InChI=1S/C21H22ClN5O2S/c1-4-23-20(29)24-19(28)14(3)30-21-26-25-18(15-9-11-16(22)12-10-15)27(21)17-8-6-5-7-13(17)2/h5-12,14H,4H2,1-3H3,(H2,23,24,28,29). The van der Waals surface area contributed by atoms with E-state index in [1.54, 1.807) is 26.0 Å². The maximum absolute atomic E-state index is 12.4. The molecule has 1 aromatic heterocycles. The Morgan fingerprint density at radius 1 is 1.13 bits per heavy atom. The van der Waals surface area contributed by atoms with Gasteiger partial charge in [-0.2, -0.15) is 0 Å². The molecule has 0 radical (unpaired) electrons. The average molecular weight is 444 g/mol. The monoisotopic (exact) mass is 443 g/mol. The van der Waals surface area contributed by atoms with E-state index in [9.17, 15) is 9.59 Å². The third-order valence-electron chi connectivity index (χ3n) is 4.32. The highest BCUT2D eigenvalue weighted by atomic mass is 35.5. The molecule has 30 heavy (non-hydrogen) atoms. The molecule has 0 aliphatic rings. The average Bonchev–Trinajstić information content (AvgIpc) is 3.12. The van der Waals surface area contributed by atoms with Crippen LogP contribution in [0.5, 0.6) is 0 Å². The second kappa shape index (κ2) is 9.77. The van der Waals surface area contributed by atoms with Crippen LogP contribution in [0.4, 0.5) is 4.79 Å². The molecule has 1 heterocycles. The van der Waals surface area contributed by atoms with E-state index in [1.165, 1.54) is 11.8 Å². The van der Waals surface area contributed by atoms with E-state index in [-0.39, 0.29) is 0 Å². The first-order chi connectivity index (χ1) is 14.4. The van der Waals surface area contributed by atoms with E-state index in [4.69, 9.17) is 11.6 Å². The number of carbonyl (C=O) groups is 2. The molecule has 1 atom stereocenters. The summed E-state index contributed by atoms with van der Waals surface area (Å²) in [5, 5.41) is 14.2. The zero-order valence-electron chi connectivity index (χ0n) is 16.8. The number of halogens is 1. The molecule has 0 bridgehead atoms. The van der Waals surface area contributed by atoms with Gasteiger partial charge in [-0.15, -0.1) is 10.2 Å². The van der Waals surface area contributed by atoms with Crippen molar-refractivity contribution in [2.24, 2.45) is 0 Å². The normalized spacial score (nSPS) is 11.7. The van der Waals surface area contributed by atoms with Crippen LogP contribution >= 0.6 is 23.4 Å². The lowest BCUT2D eigenvalue weighted by Gasteiger charge is -2.15. The van der Waals surface area contributed by atoms with E-state index in [1.807, 2.05) is 47.9 Å². The topological polar surface area (TPSA) is 88.9 Å². The van der Waals surface area contributed by atoms with Crippen LogP contribution in [0.25, 0.3) is 17.1 Å². The Balaban J connectivity index is 1.97. The minimum absolute atomic E-state index is 0.404. The van der Waals surface area contributed by atoms with Gasteiger partial charge in [0.25, 0.3) is 0 Å². The summed E-state index contributed by atoms with van der Waals surface area (Å²) >= 11 is 7.26. The smallest absolute Gasteiger partial charge is 0.321 e. The number of aromatic nitrogens is 3. The van der Waals surface area contributed by atoms with E-state index in [2.05, 4.69) is 20.8 Å². The van der Waals surface area contributed by atoms with Crippen molar-refractivity contribution in [1.29, 1.82) is 0 Å². The number of rotatable bonds is 6. The summed E-state index contributed by atoms with van der Waals surface area (Å²) in [5.74, 6) is 0.234. The first-order valence-corrected chi connectivity index (χ1v) is 10.7. The largest absolute Gasteiger partial charge is 0.338 e. The molecular weight excluding hydrogens is 422 g/mol. The van der Waals surface area contributed by atoms with Crippen LogP contribution in [-0.4, -0.2) is 38.5 Å². The molecule has 2 aromatic carbocycles. The predicted molar refractivity (Wildman–Crippen MR) is 119 cm³/mol. The van der Waals surface area contributed by atoms with Crippen molar-refractivity contribution in [3.8, 4) is 17.1 Å². The Kier molecular flexibility index (Phi) is 7.12. The van der Waals surface area contributed by atoms with Crippen LogP contribution in [-0.2, 0) is 4.79 Å². The van der Waals surface area contributed by atoms with Crippen LogP contribution in [0, 0.1) is 6.92 Å². The van der Waals surface area contributed by atoms with Crippen LogP contribution in [0.2, 0.25) is 5.02 Å². The van der Waals surface area contributed by atoms with E-state index >= 15 is 0 Å². The molecule has 3 aromatic rings. The minimum atomic E-state index is -0.558. The van der Waals surface area contributed by atoms with Crippen molar-refractivity contribution in [3.63, 3.8) is 0 Å². The summed E-state index contributed by atoms with van der Waals surface area (Å²) < 4.78 is 1.92.